The lowest BCUT2D eigenvalue weighted by Crippen LogP contribution is -2.32. The first-order valence-electron chi connectivity index (χ1n) is 7.99. The summed E-state index contributed by atoms with van der Waals surface area (Å²) in [7, 11) is 0. The van der Waals surface area contributed by atoms with Crippen LogP contribution < -0.4 is 21.1 Å². The summed E-state index contributed by atoms with van der Waals surface area (Å²) in [5, 5.41) is 5.95. The molecule has 0 aliphatic carbocycles. The van der Waals surface area contributed by atoms with Gasteiger partial charge in [-0.3, -0.25) is 9.78 Å². The molecule has 1 aromatic heterocycles. The van der Waals surface area contributed by atoms with E-state index >= 15 is 0 Å². The number of fused-ring (bicyclic) bond motifs is 1. The monoisotopic (exact) mass is 341 g/mol. The van der Waals surface area contributed by atoms with Crippen molar-refractivity contribution in [1.29, 1.82) is 0 Å². The lowest BCUT2D eigenvalue weighted by molar-refractivity contribution is -0.116. The molecule has 7 nitrogen and oxygen atoms in total. The van der Waals surface area contributed by atoms with Gasteiger partial charge in [-0.1, -0.05) is 12.1 Å². The fourth-order valence-electron chi connectivity index (χ4n) is 2.45. The Bertz CT molecular complexity index is 945. The van der Waals surface area contributed by atoms with E-state index in [1.807, 2.05) is 19.1 Å². The van der Waals surface area contributed by atoms with E-state index in [1.54, 1.807) is 37.3 Å². The molecular weight excluding hydrogens is 322 g/mol. The minimum absolute atomic E-state index is 0.201. The number of aromatic amines is 1. The maximum Gasteiger partial charge on any atom is 0.417 e. The molecule has 1 atom stereocenters. The van der Waals surface area contributed by atoms with Crippen LogP contribution in [0.5, 0.6) is 5.75 Å². The van der Waals surface area contributed by atoms with Crippen molar-refractivity contribution in [2.45, 2.75) is 19.9 Å². The van der Waals surface area contributed by atoms with Crippen molar-refractivity contribution in [1.82, 2.24) is 4.98 Å². The van der Waals surface area contributed by atoms with Crippen molar-refractivity contribution in [3.63, 3.8) is 0 Å². The Morgan fingerprint density at radius 3 is 2.88 bits per heavy atom. The predicted octanol–water partition coefficient (Wildman–Crippen LogP) is 2.96. The van der Waals surface area contributed by atoms with E-state index in [0.717, 1.165) is 0 Å². The van der Waals surface area contributed by atoms with Gasteiger partial charge in [-0.2, -0.15) is 0 Å². The third-order valence-corrected chi connectivity index (χ3v) is 3.64. The van der Waals surface area contributed by atoms with E-state index in [4.69, 9.17) is 9.15 Å². The Balaban J connectivity index is 1.70. The zero-order valence-corrected chi connectivity index (χ0v) is 14.0. The topological polar surface area (TPSA) is 96.4 Å². The molecule has 0 aliphatic rings. The highest BCUT2D eigenvalue weighted by Crippen LogP contribution is 2.24. The lowest BCUT2D eigenvalue weighted by atomic mass is 10.2. The number of carbonyl (C=O) groups excluding carboxylic acids is 1. The van der Waals surface area contributed by atoms with Crippen molar-refractivity contribution in [3.8, 4) is 5.75 Å². The standard InChI is InChI=1S/C18H19N3O4/c1-3-24-15-7-5-4-6-13(15)20-17(22)11(2)19-12-8-9-16-14(10-12)21-18(23)25-16/h4-11,19H,3H2,1-2H3,(H,20,22)(H,21,23). The van der Waals surface area contributed by atoms with Crippen LogP contribution >= 0.6 is 0 Å². The first kappa shape index (κ1) is 16.6. The number of H-pyrrole nitrogens is 1. The minimum Gasteiger partial charge on any atom is -0.492 e. The van der Waals surface area contributed by atoms with Crippen LogP contribution in [0.1, 0.15) is 13.8 Å². The third-order valence-electron chi connectivity index (χ3n) is 3.64. The molecule has 0 saturated heterocycles. The zero-order chi connectivity index (χ0) is 17.8. The van der Waals surface area contributed by atoms with Gasteiger partial charge in [-0.15, -0.1) is 0 Å². The van der Waals surface area contributed by atoms with Crippen molar-refractivity contribution < 1.29 is 13.9 Å². The Morgan fingerprint density at radius 1 is 1.28 bits per heavy atom. The molecule has 7 heteroatoms. The van der Waals surface area contributed by atoms with Gasteiger partial charge in [0.1, 0.15) is 11.8 Å². The molecule has 130 valence electrons. The number of hydrogen-bond donors (Lipinski definition) is 3. The van der Waals surface area contributed by atoms with Crippen LogP contribution in [0.25, 0.3) is 11.1 Å². The van der Waals surface area contributed by atoms with Gasteiger partial charge in [0.25, 0.3) is 0 Å². The van der Waals surface area contributed by atoms with Crippen LogP contribution in [0.3, 0.4) is 0 Å². The Kier molecular flexibility index (Phi) is 4.74. The SMILES string of the molecule is CCOc1ccccc1NC(=O)C(C)Nc1ccc2oc(=O)[nH]c2c1. The number of rotatable bonds is 6. The number of para-hydroxylation sites is 2. The highest BCUT2D eigenvalue weighted by atomic mass is 16.5. The van der Waals surface area contributed by atoms with E-state index in [2.05, 4.69) is 15.6 Å². The van der Waals surface area contributed by atoms with Crippen LogP contribution in [0.2, 0.25) is 0 Å². The fourth-order valence-corrected chi connectivity index (χ4v) is 2.45. The maximum absolute atomic E-state index is 12.4. The molecule has 0 aliphatic heterocycles. The highest BCUT2D eigenvalue weighted by Gasteiger charge is 2.15. The normalized spacial score (nSPS) is 11.9. The summed E-state index contributed by atoms with van der Waals surface area (Å²) in [5.74, 6) is -0.0821. The lowest BCUT2D eigenvalue weighted by Gasteiger charge is -2.17. The molecule has 0 bridgehead atoms. The number of ether oxygens (including phenoxy) is 1. The van der Waals surface area contributed by atoms with Crippen LogP contribution in [-0.2, 0) is 4.79 Å². The second-order valence-electron chi connectivity index (χ2n) is 5.51. The van der Waals surface area contributed by atoms with Crippen molar-refractivity contribution in [2.75, 3.05) is 17.2 Å². The number of hydrogen-bond acceptors (Lipinski definition) is 5. The molecule has 3 rings (SSSR count). The van der Waals surface area contributed by atoms with Crippen molar-refractivity contribution in [2.24, 2.45) is 0 Å². The zero-order valence-electron chi connectivity index (χ0n) is 14.0. The van der Waals surface area contributed by atoms with Crippen molar-refractivity contribution >= 4 is 28.4 Å². The number of nitrogens with one attached hydrogen (secondary N) is 3. The van der Waals surface area contributed by atoms with E-state index < -0.39 is 11.8 Å². The molecular formula is C18H19N3O4. The van der Waals surface area contributed by atoms with Gasteiger partial charge in [0.15, 0.2) is 5.58 Å². The summed E-state index contributed by atoms with van der Waals surface area (Å²) < 4.78 is 10.5. The number of amides is 1. The van der Waals surface area contributed by atoms with Crippen molar-refractivity contribution in [3.05, 3.63) is 53.0 Å². The largest absolute Gasteiger partial charge is 0.492 e. The smallest absolute Gasteiger partial charge is 0.417 e. The molecule has 0 saturated carbocycles. The maximum atomic E-state index is 12.4. The number of carbonyl (C=O) groups is 1. The Morgan fingerprint density at radius 2 is 2.08 bits per heavy atom. The molecule has 2 aromatic carbocycles. The van der Waals surface area contributed by atoms with Gasteiger partial charge in [0.2, 0.25) is 5.91 Å². The molecule has 0 spiro atoms. The minimum atomic E-state index is -0.509. The van der Waals surface area contributed by atoms with Gasteiger partial charge in [-0.05, 0) is 44.2 Å². The van der Waals surface area contributed by atoms with Crippen LogP contribution in [0, 0.1) is 0 Å². The average Bonchev–Trinajstić information content (AvgIpc) is 2.96. The Hall–Kier alpha value is -3.22. The number of oxazole rings is 1. The summed E-state index contributed by atoms with van der Waals surface area (Å²) >= 11 is 0. The summed E-state index contributed by atoms with van der Waals surface area (Å²) in [5.41, 5.74) is 2.37. The van der Waals surface area contributed by atoms with Gasteiger partial charge >= 0.3 is 5.76 Å². The molecule has 1 amide bonds. The first-order valence-corrected chi connectivity index (χ1v) is 7.99. The van der Waals surface area contributed by atoms with Gasteiger partial charge in [0, 0.05) is 5.69 Å². The van der Waals surface area contributed by atoms with E-state index in [1.165, 1.54) is 0 Å². The summed E-state index contributed by atoms with van der Waals surface area (Å²) in [6, 6.07) is 11.9. The molecule has 0 radical (unpaired) electrons. The quantitative estimate of drug-likeness (QED) is 0.640. The fraction of sp³-hybridized carbons (Fsp3) is 0.222. The number of aromatic nitrogens is 1. The summed E-state index contributed by atoms with van der Waals surface area (Å²) in [6.07, 6.45) is 0. The van der Waals surface area contributed by atoms with Crippen LogP contribution in [0.4, 0.5) is 11.4 Å². The summed E-state index contributed by atoms with van der Waals surface area (Å²) in [4.78, 5) is 26.2. The first-order chi connectivity index (χ1) is 12.1. The molecule has 1 unspecified atom stereocenters. The van der Waals surface area contributed by atoms with E-state index in [-0.39, 0.29) is 5.91 Å². The van der Waals surface area contributed by atoms with Crippen LogP contribution in [0.15, 0.2) is 51.7 Å². The Labute approximate surface area is 144 Å². The highest BCUT2D eigenvalue weighted by molar-refractivity contribution is 5.97. The van der Waals surface area contributed by atoms with Gasteiger partial charge in [-0.25, -0.2) is 4.79 Å². The molecule has 0 fully saturated rings. The van der Waals surface area contributed by atoms with Crippen LogP contribution in [-0.4, -0.2) is 23.5 Å². The van der Waals surface area contributed by atoms with Gasteiger partial charge in [0.05, 0.1) is 17.8 Å². The molecule has 25 heavy (non-hydrogen) atoms. The molecule has 3 N–H and O–H groups in total. The second-order valence-corrected chi connectivity index (χ2v) is 5.51. The van der Waals surface area contributed by atoms with E-state index in [0.29, 0.717) is 34.8 Å². The second kappa shape index (κ2) is 7.12. The average molecular weight is 341 g/mol. The molecule has 1 heterocycles. The third kappa shape index (κ3) is 3.82. The molecule has 3 aromatic rings. The summed E-state index contributed by atoms with van der Waals surface area (Å²) in [6.45, 7) is 4.16. The predicted molar refractivity (Wildman–Crippen MR) is 96.2 cm³/mol. The van der Waals surface area contributed by atoms with E-state index in [9.17, 15) is 9.59 Å². The number of anilines is 2. The number of benzene rings is 2. The van der Waals surface area contributed by atoms with Gasteiger partial charge < -0.3 is 19.8 Å².